The summed E-state index contributed by atoms with van der Waals surface area (Å²) in [6, 6.07) is 13.5. The van der Waals surface area contributed by atoms with Gasteiger partial charge in [-0.2, -0.15) is 0 Å². The Kier molecular flexibility index (Phi) is 5.99. The maximum Gasteiger partial charge on any atom is 0.255 e. The minimum Gasteiger partial charge on any atom is -0.372 e. The van der Waals surface area contributed by atoms with Crippen molar-refractivity contribution in [3.8, 4) is 0 Å². The summed E-state index contributed by atoms with van der Waals surface area (Å²) >= 11 is 0. The van der Waals surface area contributed by atoms with Crippen LogP contribution in [0.15, 0.2) is 48.5 Å². The van der Waals surface area contributed by atoms with Crippen molar-refractivity contribution < 1.29 is 9.18 Å². The number of benzene rings is 2. The molecule has 3 nitrogen and oxygen atoms in total. The van der Waals surface area contributed by atoms with Gasteiger partial charge < -0.3 is 10.2 Å². The highest BCUT2D eigenvalue weighted by Crippen LogP contribution is 2.22. The Bertz CT molecular complexity index is 654. The summed E-state index contributed by atoms with van der Waals surface area (Å²) < 4.78 is 13.1. The van der Waals surface area contributed by atoms with Crippen LogP contribution in [0.25, 0.3) is 0 Å². The average molecular weight is 335 g/mol. The van der Waals surface area contributed by atoms with E-state index in [1.807, 2.05) is 24.3 Å². The van der Waals surface area contributed by atoms with E-state index < -0.39 is 5.82 Å². The van der Waals surface area contributed by atoms with Crippen LogP contribution in [0, 0.1) is 5.82 Å². The van der Waals surface area contributed by atoms with E-state index in [1.54, 1.807) is 6.07 Å². The fourth-order valence-electron chi connectivity index (χ4n) is 2.74. The molecule has 1 N–H and O–H groups in total. The predicted molar refractivity (Wildman–Crippen MR) is 94.1 cm³/mol. The summed E-state index contributed by atoms with van der Waals surface area (Å²) in [4.78, 5) is 14.4. The fourth-order valence-corrected chi connectivity index (χ4v) is 2.74. The van der Waals surface area contributed by atoms with Gasteiger partial charge in [0.05, 0.1) is 0 Å². The van der Waals surface area contributed by atoms with E-state index in [0.717, 1.165) is 18.8 Å². The van der Waals surface area contributed by atoms with Gasteiger partial charge in [0.1, 0.15) is 5.82 Å². The second-order valence-electron chi connectivity index (χ2n) is 5.56. The van der Waals surface area contributed by atoms with Gasteiger partial charge in [0.15, 0.2) is 0 Å². The van der Waals surface area contributed by atoms with Crippen LogP contribution in [0.4, 0.5) is 15.8 Å². The second kappa shape index (κ2) is 7.97. The van der Waals surface area contributed by atoms with Gasteiger partial charge in [0.25, 0.3) is 5.91 Å². The predicted octanol–water partition coefficient (Wildman–Crippen LogP) is 4.49. The van der Waals surface area contributed by atoms with Crippen molar-refractivity contribution in [2.75, 3.05) is 23.3 Å². The standard InChI is InChI=1S/C18H19FN2O.ClH/c19-15-6-4-5-14(13-15)18(22)20-16-7-9-17(10-8-16)21-11-2-1-3-12-21;/h4-10,13H,1-3,11-12H2,(H,20,22);1H. The third-order valence-corrected chi connectivity index (χ3v) is 3.93. The molecule has 0 radical (unpaired) electrons. The Morgan fingerprint density at radius 2 is 1.70 bits per heavy atom. The lowest BCUT2D eigenvalue weighted by molar-refractivity contribution is 0.102. The number of hydrogen-bond donors (Lipinski definition) is 1. The third-order valence-electron chi connectivity index (χ3n) is 3.93. The van der Waals surface area contributed by atoms with Gasteiger partial charge in [0.2, 0.25) is 0 Å². The zero-order chi connectivity index (χ0) is 15.4. The number of piperidine rings is 1. The molecule has 0 saturated carbocycles. The molecule has 2 aromatic carbocycles. The summed E-state index contributed by atoms with van der Waals surface area (Å²) in [6.07, 6.45) is 3.77. The monoisotopic (exact) mass is 334 g/mol. The molecule has 1 fully saturated rings. The lowest BCUT2D eigenvalue weighted by Gasteiger charge is -2.28. The quantitative estimate of drug-likeness (QED) is 0.897. The zero-order valence-electron chi connectivity index (χ0n) is 12.8. The first-order chi connectivity index (χ1) is 10.7. The number of rotatable bonds is 3. The molecule has 0 spiro atoms. The van der Waals surface area contributed by atoms with E-state index in [2.05, 4.69) is 10.2 Å². The number of halogens is 2. The maximum atomic E-state index is 13.1. The summed E-state index contributed by atoms with van der Waals surface area (Å²) in [5.74, 6) is -0.710. The molecule has 1 amide bonds. The highest BCUT2D eigenvalue weighted by atomic mass is 35.5. The number of nitrogens with one attached hydrogen (secondary N) is 1. The van der Waals surface area contributed by atoms with Gasteiger partial charge >= 0.3 is 0 Å². The lowest BCUT2D eigenvalue weighted by Crippen LogP contribution is -2.29. The molecule has 1 aliphatic rings. The van der Waals surface area contributed by atoms with Crippen LogP contribution in [-0.4, -0.2) is 19.0 Å². The number of carbonyl (C=O) groups is 1. The van der Waals surface area contributed by atoms with Gasteiger partial charge in [-0.1, -0.05) is 6.07 Å². The van der Waals surface area contributed by atoms with Crippen LogP contribution in [-0.2, 0) is 0 Å². The Balaban J connectivity index is 0.00000192. The third kappa shape index (κ3) is 4.45. The van der Waals surface area contributed by atoms with Crippen LogP contribution in [0.1, 0.15) is 29.6 Å². The molecule has 122 valence electrons. The highest BCUT2D eigenvalue weighted by molar-refractivity contribution is 6.04. The van der Waals surface area contributed by atoms with E-state index >= 15 is 0 Å². The average Bonchev–Trinajstić information content (AvgIpc) is 2.56. The van der Waals surface area contributed by atoms with E-state index in [9.17, 15) is 9.18 Å². The summed E-state index contributed by atoms with van der Waals surface area (Å²) in [5, 5.41) is 2.79. The minimum atomic E-state index is -0.409. The van der Waals surface area contributed by atoms with E-state index in [1.165, 1.54) is 43.1 Å². The van der Waals surface area contributed by atoms with E-state index in [4.69, 9.17) is 0 Å². The van der Waals surface area contributed by atoms with Crippen molar-refractivity contribution in [1.29, 1.82) is 0 Å². The van der Waals surface area contributed by atoms with Gasteiger partial charge in [-0.3, -0.25) is 4.79 Å². The van der Waals surface area contributed by atoms with Crippen molar-refractivity contribution in [2.45, 2.75) is 19.3 Å². The number of hydrogen-bond acceptors (Lipinski definition) is 2. The van der Waals surface area contributed by atoms with Crippen LogP contribution in [0.2, 0.25) is 0 Å². The topological polar surface area (TPSA) is 32.3 Å². The second-order valence-corrected chi connectivity index (χ2v) is 5.56. The molecular weight excluding hydrogens is 315 g/mol. The molecular formula is C18H20ClFN2O. The normalized spacial score (nSPS) is 14.0. The Morgan fingerprint density at radius 1 is 1.00 bits per heavy atom. The summed E-state index contributed by atoms with van der Waals surface area (Å²) in [6.45, 7) is 2.18. The minimum absolute atomic E-state index is 0. The Morgan fingerprint density at radius 3 is 2.35 bits per heavy atom. The molecule has 1 heterocycles. The summed E-state index contributed by atoms with van der Waals surface area (Å²) in [5.41, 5.74) is 2.22. The van der Waals surface area contributed by atoms with Crippen LogP contribution < -0.4 is 10.2 Å². The van der Waals surface area contributed by atoms with Crippen molar-refractivity contribution in [3.05, 3.63) is 59.9 Å². The zero-order valence-corrected chi connectivity index (χ0v) is 13.6. The van der Waals surface area contributed by atoms with E-state index in [0.29, 0.717) is 5.56 Å². The molecule has 2 aromatic rings. The Hall–Kier alpha value is -2.07. The SMILES string of the molecule is Cl.O=C(Nc1ccc(N2CCCCC2)cc1)c1cccc(F)c1. The summed E-state index contributed by atoms with van der Waals surface area (Å²) in [7, 11) is 0. The van der Waals surface area contributed by atoms with Crippen LogP contribution in [0.3, 0.4) is 0 Å². The molecule has 0 bridgehead atoms. The van der Waals surface area contributed by atoms with E-state index in [-0.39, 0.29) is 18.3 Å². The lowest BCUT2D eigenvalue weighted by atomic mass is 10.1. The van der Waals surface area contributed by atoms with Crippen LogP contribution >= 0.6 is 12.4 Å². The molecule has 5 heteroatoms. The van der Waals surface area contributed by atoms with Gasteiger partial charge in [-0.05, 0) is 61.7 Å². The number of nitrogens with zero attached hydrogens (tertiary/aromatic N) is 1. The fraction of sp³-hybridized carbons (Fsp3) is 0.278. The molecule has 1 saturated heterocycles. The van der Waals surface area contributed by atoms with Crippen LogP contribution in [0.5, 0.6) is 0 Å². The first-order valence-corrected chi connectivity index (χ1v) is 7.64. The first kappa shape index (κ1) is 17.3. The van der Waals surface area contributed by atoms with Gasteiger partial charge in [-0.25, -0.2) is 4.39 Å². The molecule has 3 rings (SSSR count). The van der Waals surface area contributed by atoms with Crippen molar-refractivity contribution >= 4 is 29.7 Å². The number of carbonyl (C=O) groups excluding carboxylic acids is 1. The van der Waals surface area contributed by atoms with Gasteiger partial charge in [0, 0.05) is 30.0 Å². The number of amides is 1. The molecule has 0 aliphatic carbocycles. The van der Waals surface area contributed by atoms with Gasteiger partial charge in [-0.15, -0.1) is 12.4 Å². The molecule has 0 unspecified atom stereocenters. The van der Waals surface area contributed by atoms with Crippen molar-refractivity contribution in [3.63, 3.8) is 0 Å². The molecule has 0 atom stereocenters. The smallest absolute Gasteiger partial charge is 0.255 e. The Labute approximate surface area is 141 Å². The highest BCUT2D eigenvalue weighted by Gasteiger charge is 2.11. The first-order valence-electron chi connectivity index (χ1n) is 7.64. The van der Waals surface area contributed by atoms with Crippen molar-refractivity contribution in [2.24, 2.45) is 0 Å². The maximum absolute atomic E-state index is 13.1. The molecule has 1 aliphatic heterocycles. The van der Waals surface area contributed by atoms with Crippen molar-refractivity contribution in [1.82, 2.24) is 0 Å². The number of anilines is 2. The molecule has 0 aromatic heterocycles. The largest absolute Gasteiger partial charge is 0.372 e. The molecule has 23 heavy (non-hydrogen) atoms.